The van der Waals surface area contributed by atoms with E-state index in [0.717, 1.165) is 5.56 Å². The van der Waals surface area contributed by atoms with E-state index in [1.54, 1.807) is 24.3 Å². The van der Waals surface area contributed by atoms with Crippen molar-refractivity contribution in [3.8, 4) is 0 Å². The minimum absolute atomic E-state index is 0.133. The van der Waals surface area contributed by atoms with Crippen molar-refractivity contribution in [3.05, 3.63) is 57.8 Å². The van der Waals surface area contributed by atoms with Crippen molar-refractivity contribution in [2.75, 3.05) is 11.1 Å². The summed E-state index contributed by atoms with van der Waals surface area (Å²) in [5.41, 5.74) is 7.68. The average Bonchev–Trinajstić information content (AvgIpc) is 2.37. The average molecular weight is 323 g/mol. The van der Waals surface area contributed by atoms with Gasteiger partial charge in [-0.1, -0.05) is 15.9 Å². The van der Waals surface area contributed by atoms with Gasteiger partial charge in [0.2, 0.25) is 0 Å². The maximum Gasteiger partial charge on any atom is 0.255 e. The molecule has 1 amide bonds. The van der Waals surface area contributed by atoms with Gasteiger partial charge in [0, 0.05) is 15.7 Å². The summed E-state index contributed by atoms with van der Waals surface area (Å²) in [5, 5.41) is 2.53. The molecule has 19 heavy (non-hydrogen) atoms. The van der Waals surface area contributed by atoms with Crippen LogP contribution in [0.15, 0.2) is 40.9 Å². The quantitative estimate of drug-likeness (QED) is 0.828. The van der Waals surface area contributed by atoms with Gasteiger partial charge in [-0.2, -0.15) is 0 Å². The second-order valence-electron chi connectivity index (χ2n) is 4.15. The second-order valence-corrected chi connectivity index (χ2v) is 5.07. The van der Waals surface area contributed by atoms with E-state index in [-0.39, 0.29) is 11.6 Å². The Balaban J connectivity index is 2.25. The maximum atomic E-state index is 13.5. The number of hydrogen-bond acceptors (Lipinski definition) is 2. The van der Waals surface area contributed by atoms with Gasteiger partial charge in [0.25, 0.3) is 5.91 Å². The summed E-state index contributed by atoms with van der Waals surface area (Å²) >= 11 is 3.23. The van der Waals surface area contributed by atoms with Gasteiger partial charge in [0.1, 0.15) is 5.82 Å². The van der Waals surface area contributed by atoms with Crippen molar-refractivity contribution in [1.29, 1.82) is 0 Å². The first-order valence-corrected chi connectivity index (χ1v) is 6.39. The zero-order valence-electron chi connectivity index (χ0n) is 10.2. The van der Waals surface area contributed by atoms with Crippen molar-refractivity contribution in [2.45, 2.75) is 6.92 Å². The number of benzene rings is 2. The van der Waals surface area contributed by atoms with Crippen LogP contribution >= 0.6 is 15.9 Å². The highest BCUT2D eigenvalue weighted by molar-refractivity contribution is 9.10. The number of amides is 1. The molecule has 2 aromatic rings. The highest BCUT2D eigenvalue weighted by atomic mass is 79.9. The van der Waals surface area contributed by atoms with Gasteiger partial charge in [-0.05, 0) is 48.9 Å². The summed E-state index contributed by atoms with van der Waals surface area (Å²) in [5.74, 6) is -0.858. The molecule has 0 radical (unpaired) electrons. The molecule has 2 rings (SSSR count). The fourth-order valence-electron chi connectivity index (χ4n) is 1.60. The Morgan fingerprint density at radius 1 is 1.26 bits per heavy atom. The number of anilines is 2. The zero-order valence-corrected chi connectivity index (χ0v) is 11.8. The van der Waals surface area contributed by atoms with E-state index in [1.807, 2.05) is 6.92 Å². The number of rotatable bonds is 2. The smallest absolute Gasteiger partial charge is 0.255 e. The molecule has 0 spiro atoms. The number of aryl methyl sites for hydroxylation is 1. The van der Waals surface area contributed by atoms with Crippen LogP contribution < -0.4 is 11.1 Å². The molecule has 0 heterocycles. The fraction of sp³-hybridized carbons (Fsp3) is 0.0714. The van der Waals surface area contributed by atoms with Gasteiger partial charge in [0.05, 0.1) is 5.69 Å². The number of hydrogen-bond donors (Lipinski definition) is 2. The van der Waals surface area contributed by atoms with Crippen molar-refractivity contribution in [3.63, 3.8) is 0 Å². The molecule has 5 heteroatoms. The lowest BCUT2D eigenvalue weighted by Crippen LogP contribution is -2.13. The van der Waals surface area contributed by atoms with Crippen LogP contribution in [0.3, 0.4) is 0 Å². The van der Waals surface area contributed by atoms with Gasteiger partial charge in [-0.25, -0.2) is 4.39 Å². The van der Waals surface area contributed by atoms with E-state index in [9.17, 15) is 9.18 Å². The Morgan fingerprint density at radius 2 is 2.00 bits per heavy atom. The van der Waals surface area contributed by atoms with Crippen molar-refractivity contribution < 1.29 is 9.18 Å². The van der Waals surface area contributed by atoms with Crippen LogP contribution in [0.25, 0.3) is 0 Å². The summed E-state index contributed by atoms with van der Waals surface area (Å²) < 4.78 is 14.2. The first-order chi connectivity index (χ1) is 8.97. The van der Waals surface area contributed by atoms with E-state index < -0.39 is 5.82 Å². The topological polar surface area (TPSA) is 55.1 Å². The molecule has 0 aromatic heterocycles. The highest BCUT2D eigenvalue weighted by Crippen LogP contribution is 2.21. The standard InChI is InChI=1S/C14H12BrFN2O/c1-8-6-9(2-5-12(8)17)14(19)18-13-7-10(15)3-4-11(13)16/h2-7H,17H2,1H3,(H,18,19). The van der Waals surface area contributed by atoms with Crippen molar-refractivity contribution in [1.82, 2.24) is 0 Å². The number of halogens is 2. The van der Waals surface area contributed by atoms with Gasteiger partial charge in [-0.3, -0.25) is 4.79 Å². The van der Waals surface area contributed by atoms with Crippen LogP contribution in [0.2, 0.25) is 0 Å². The lowest BCUT2D eigenvalue weighted by atomic mass is 10.1. The Bertz CT molecular complexity index is 643. The summed E-state index contributed by atoms with van der Waals surface area (Å²) in [7, 11) is 0. The molecule has 0 unspecified atom stereocenters. The fourth-order valence-corrected chi connectivity index (χ4v) is 1.97. The number of carbonyl (C=O) groups is 1. The SMILES string of the molecule is Cc1cc(C(=O)Nc2cc(Br)ccc2F)ccc1N. The van der Waals surface area contributed by atoms with Gasteiger partial charge >= 0.3 is 0 Å². The van der Waals surface area contributed by atoms with E-state index in [1.165, 1.54) is 12.1 Å². The first kappa shape index (κ1) is 13.5. The summed E-state index contributed by atoms with van der Waals surface area (Å²) in [6.07, 6.45) is 0. The Kier molecular flexibility index (Phi) is 3.85. The second kappa shape index (κ2) is 5.40. The molecule has 3 nitrogen and oxygen atoms in total. The first-order valence-electron chi connectivity index (χ1n) is 5.60. The van der Waals surface area contributed by atoms with Crippen LogP contribution in [0.5, 0.6) is 0 Å². The van der Waals surface area contributed by atoms with Crippen LogP contribution in [0.1, 0.15) is 15.9 Å². The number of nitrogens with one attached hydrogen (secondary N) is 1. The molecule has 0 aliphatic rings. The third-order valence-corrected chi connectivity index (χ3v) is 3.20. The lowest BCUT2D eigenvalue weighted by molar-refractivity contribution is 0.102. The third-order valence-electron chi connectivity index (χ3n) is 2.71. The summed E-state index contributed by atoms with van der Waals surface area (Å²) in [6, 6.07) is 9.29. The molecular weight excluding hydrogens is 311 g/mol. The van der Waals surface area contributed by atoms with E-state index in [4.69, 9.17) is 5.73 Å². The molecule has 0 aliphatic heterocycles. The number of carbonyl (C=O) groups excluding carboxylic acids is 1. The summed E-state index contributed by atoms with van der Waals surface area (Å²) in [6.45, 7) is 1.81. The monoisotopic (exact) mass is 322 g/mol. The normalized spacial score (nSPS) is 10.3. The minimum atomic E-state index is -0.483. The van der Waals surface area contributed by atoms with E-state index in [2.05, 4.69) is 21.2 Å². The Morgan fingerprint density at radius 3 is 2.68 bits per heavy atom. The molecule has 0 atom stereocenters. The third kappa shape index (κ3) is 3.12. The Hall–Kier alpha value is -1.88. The molecule has 3 N–H and O–H groups in total. The molecule has 0 fully saturated rings. The predicted molar refractivity (Wildman–Crippen MR) is 77.6 cm³/mol. The van der Waals surface area contributed by atoms with Crippen molar-refractivity contribution in [2.24, 2.45) is 0 Å². The largest absolute Gasteiger partial charge is 0.399 e. The Labute approximate surface area is 118 Å². The molecule has 0 aliphatic carbocycles. The molecule has 0 bridgehead atoms. The minimum Gasteiger partial charge on any atom is -0.399 e. The van der Waals surface area contributed by atoms with Crippen LogP contribution in [0.4, 0.5) is 15.8 Å². The van der Waals surface area contributed by atoms with Gasteiger partial charge in [0.15, 0.2) is 0 Å². The van der Waals surface area contributed by atoms with E-state index >= 15 is 0 Å². The molecule has 2 aromatic carbocycles. The predicted octanol–water partition coefficient (Wildman–Crippen LogP) is 3.73. The molecule has 0 saturated heterocycles. The number of nitrogen functional groups attached to an aromatic ring is 1. The maximum absolute atomic E-state index is 13.5. The molecule has 0 saturated carbocycles. The highest BCUT2D eigenvalue weighted by Gasteiger charge is 2.10. The van der Waals surface area contributed by atoms with E-state index in [0.29, 0.717) is 15.7 Å². The van der Waals surface area contributed by atoms with Gasteiger partial charge < -0.3 is 11.1 Å². The van der Waals surface area contributed by atoms with Crippen LogP contribution in [-0.4, -0.2) is 5.91 Å². The molecular formula is C14H12BrFN2O. The molecule has 98 valence electrons. The van der Waals surface area contributed by atoms with Crippen LogP contribution in [-0.2, 0) is 0 Å². The van der Waals surface area contributed by atoms with Crippen LogP contribution in [0, 0.1) is 12.7 Å². The van der Waals surface area contributed by atoms with Crippen molar-refractivity contribution >= 4 is 33.2 Å². The van der Waals surface area contributed by atoms with Gasteiger partial charge in [-0.15, -0.1) is 0 Å². The zero-order chi connectivity index (χ0) is 14.0. The lowest BCUT2D eigenvalue weighted by Gasteiger charge is -2.08. The summed E-state index contributed by atoms with van der Waals surface area (Å²) in [4.78, 5) is 12.0. The number of nitrogens with two attached hydrogens (primary N) is 1.